The second-order valence-electron chi connectivity index (χ2n) is 3.91. The van der Waals surface area contributed by atoms with Crippen LogP contribution in [0.5, 0.6) is 5.75 Å². The van der Waals surface area contributed by atoms with Crippen molar-refractivity contribution < 1.29 is 14.1 Å². The van der Waals surface area contributed by atoms with Gasteiger partial charge in [0.15, 0.2) is 5.58 Å². The van der Waals surface area contributed by atoms with Crippen LogP contribution < -0.4 is 4.65 Å². The minimum Gasteiger partial charge on any atom is -0.535 e. The van der Waals surface area contributed by atoms with Crippen LogP contribution in [0, 0.1) is 6.92 Å². The van der Waals surface area contributed by atoms with Crippen LogP contribution in [0.15, 0.2) is 40.8 Å². The van der Waals surface area contributed by atoms with E-state index in [9.17, 15) is 0 Å². The zero-order valence-corrected chi connectivity index (χ0v) is 9.31. The minimum absolute atomic E-state index is 0.514. The quantitative estimate of drug-likeness (QED) is 0.681. The lowest BCUT2D eigenvalue weighted by molar-refractivity contribution is 0.451. The fourth-order valence-corrected chi connectivity index (χ4v) is 2.08. The van der Waals surface area contributed by atoms with Gasteiger partial charge in [0.25, 0.3) is 0 Å². The minimum atomic E-state index is 0.514. The summed E-state index contributed by atoms with van der Waals surface area (Å²) in [6.45, 7) is 2.00. The highest BCUT2D eigenvalue weighted by Crippen LogP contribution is 2.35. The van der Waals surface area contributed by atoms with Gasteiger partial charge in [0.2, 0.25) is 0 Å². The van der Waals surface area contributed by atoms with Gasteiger partial charge in [-0.3, -0.25) is 0 Å². The lowest BCUT2D eigenvalue weighted by atomic mass is 10.1. The lowest BCUT2D eigenvalue weighted by Gasteiger charge is -2.00. The van der Waals surface area contributed by atoms with Crippen LogP contribution in [-0.4, -0.2) is 12.7 Å². The largest absolute Gasteiger partial charge is 0.569 e. The molecule has 83 valence electrons. The molecule has 17 heavy (non-hydrogen) atoms. The third-order valence-electron chi connectivity index (χ3n) is 2.86. The molecule has 0 aliphatic carbocycles. The molecule has 3 aromatic rings. The summed E-state index contributed by atoms with van der Waals surface area (Å²) in [5.74, 6) is 0.514. The Labute approximate surface area is 98.9 Å². The summed E-state index contributed by atoms with van der Waals surface area (Å²) in [6.07, 6.45) is 0. The maximum atomic E-state index is 8.72. The topological polar surface area (TPSA) is 42.6 Å². The van der Waals surface area contributed by atoms with Gasteiger partial charge in [-0.05, 0) is 18.6 Å². The van der Waals surface area contributed by atoms with Crippen molar-refractivity contribution in [3.8, 4) is 5.75 Å². The Bertz CT molecular complexity index is 688. The van der Waals surface area contributed by atoms with Crippen molar-refractivity contribution in [3.05, 3.63) is 42.0 Å². The van der Waals surface area contributed by atoms with Gasteiger partial charge in [-0.25, -0.2) is 0 Å². The summed E-state index contributed by atoms with van der Waals surface area (Å²) in [5.41, 5.74) is 2.59. The van der Waals surface area contributed by atoms with Crippen LogP contribution in [0.4, 0.5) is 0 Å². The van der Waals surface area contributed by atoms with Crippen LogP contribution >= 0.6 is 0 Å². The number of para-hydroxylation sites is 2. The highest BCUT2D eigenvalue weighted by Gasteiger charge is 2.12. The molecule has 1 aromatic heterocycles. The van der Waals surface area contributed by atoms with Crippen LogP contribution in [0.2, 0.25) is 0 Å². The Kier molecular flexibility index (Phi) is 2.30. The first-order chi connectivity index (χ1) is 8.31. The zero-order valence-electron chi connectivity index (χ0n) is 9.31. The third-order valence-corrected chi connectivity index (χ3v) is 2.86. The van der Waals surface area contributed by atoms with Crippen molar-refractivity contribution in [2.75, 3.05) is 0 Å². The normalized spacial score (nSPS) is 10.9. The Hall–Kier alpha value is -1.94. The Balaban J connectivity index is 2.42. The van der Waals surface area contributed by atoms with E-state index in [1.165, 1.54) is 0 Å². The average Bonchev–Trinajstić information content (AvgIpc) is 2.71. The van der Waals surface area contributed by atoms with Crippen molar-refractivity contribution in [3.63, 3.8) is 0 Å². The first-order valence-electron chi connectivity index (χ1n) is 5.34. The Morgan fingerprint density at radius 3 is 2.53 bits per heavy atom. The molecule has 4 heteroatoms. The van der Waals surface area contributed by atoms with E-state index >= 15 is 0 Å². The standard InChI is InChI=1S/C13H10BO3/c1-8-4-2-5-9-10-6-3-7-11(17-14-15)13(10)16-12(8)9/h2-7,15H,1H3. The second kappa shape index (κ2) is 3.82. The smallest absolute Gasteiger partial charge is 0.535 e. The van der Waals surface area contributed by atoms with Crippen LogP contribution in [0.3, 0.4) is 0 Å². The third kappa shape index (κ3) is 1.49. The summed E-state index contributed by atoms with van der Waals surface area (Å²) in [7, 11) is 0.662. The van der Waals surface area contributed by atoms with E-state index in [0.717, 1.165) is 21.9 Å². The average molecular weight is 225 g/mol. The van der Waals surface area contributed by atoms with Crippen molar-refractivity contribution >= 4 is 29.6 Å². The molecule has 0 spiro atoms. The fraction of sp³-hybridized carbons (Fsp3) is 0.0769. The summed E-state index contributed by atoms with van der Waals surface area (Å²) in [6, 6.07) is 11.6. The van der Waals surface area contributed by atoms with E-state index in [4.69, 9.17) is 14.1 Å². The Morgan fingerprint density at radius 1 is 1.06 bits per heavy atom. The molecule has 1 N–H and O–H groups in total. The molecule has 1 heterocycles. The van der Waals surface area contributed by atoms with Crippen molar-refractivity contribution in [2.45, 2.75) is 6.92 Å². The van der Waals surface area contributed by atoms with Crippen molar-refractivity contribution in [1.29, 1.82) is 0 Å². The number of fused-ring (bicyclic) bond motifs is 3. The summed E-state index contributed by atoms with van der Waals surface area (Å²) in [5, 5.41) is 10.8. The van der Waals surface area contributed by atoms with Crippen LogP contribution in [0.25, 0.3) is 21.9 Å². The fourth-order valence-electron chi connectivity index (χ4n) is 2.08. The maximum absolute atomic E-state index is 8.72. The van der Waals surface area contributed by atoms with Crippen LogP contribution in [0.1, 0.15) is 5.56 Å². The molecular weight excluding hydrogens is 215 g/mol. The predicted octanol–water partition coefficient (Wildman–Crippen LogP) is 2.80. The van der Waals surface area contributed by atoms with E-state index in [-0.39, 0.29) is 0 Å². The molecular formula is C13H10BO3. The van der Waals surface area contributed by atoms with Gasteiger partial charge in [-0.2, -0.15) is 0 Å². The number of hydrogen-bond donors (Lipinski definition) is 1. The molecule has 0 atom stereocenters. The van der Waals surface area contributed by atoms with Gasteiger partial charge in [-0.15, -0.1) is 0 Å². The number of rotatable bonds is 2. The first-order valence-corrected chi connectivity index (χ1v) is 5.34. The SMILES string of the molecule is Cc1cccc2c1oc1c(O[B]O)cccc12. The summed E-state index contributed by atoms with van der Waals surface area (Å²) < 4.78 is 10.8. The monoisotopic (exact) mass is 225 g/mol. The highest BCUT2D eigenvalue weighted by atomic mass is 16.5. The molecule has 0 fully saturated rings. The molecule has 0 bridgehead atoms. The zero-order chi connectivity index (χ0) is 11.8. The van der Waals surface area contributed by atoms with Crippen molar-refractivity contribution in [2.24, 2.45) is 0 Å². The molecule has 2 aromatic carbocycles. The molecule has 0 unspecified atom stereocenters. The highest BCUT2D eigenvalue weighted by molar-refractivity contribution is 6.18. The predicted molar refractivity (Wildman–Crippen MR) is 67.1 cm³/mol. The molecule has 0 saturated carbocycles. The van der Waals surface area contributed by atoms with Gasteiger partial charge in [-0.1, -0.05) is 30.3 Å². The van der Waals surface area contributed by atoms with Gasteiger partial charge >= 0.3 is 7.69 Å². The van der Waals surface area contributed by atoms with E-state index < -0.39 is 0 Å². The van der Waals surface area contributed by atoms with Gasteiger partial charge in [0.1, 0.15) is 11.3 Å². The summed E-state index contributed by atoms with van der Waals surface area (Å²) >= 11 is 0. The second-order valence-corrected chi connectivity index (χ2v) is 3.91. The van der Waals surface area contributed by atoms with E-state index in [2.05, 4.69) is 0 Å². The molecule has 3 rings (SSSR count). The lowest BCUT2D eigenvalue weighted by Crippen LogP contribution is -1.99. The number of furan rings is 1. The molecule has 0 aliphatic rings. The van der Waals surface area contributed by atoms with Gasteiger partial charge in [0, 0.05) is 10.8 Å². The van der Waals surface area contributed by atoms with Gasteiger partial charge in [0.05, 0.1) is 0 Å². The molecule has 0 amide bonds. The van der Waals surface area contributed by atoms with E-state index in [0.29, 0.717) is 19.0 Å². The molecule has 3 nitrogen and oxygen atoms in total. The number of benzene rings is 2. The van der Waals surface area contributed by atoms with E-state index in [1.807, 2.05) is 37.3 Å². The van der Waals surface area contributed by atoms with Gasteiger partial charge < -0.3 is 14.1 Å². The maximum Gasteiger partial charge on any atom is 0.569 e. The van der Waals surface area contributed by atoms with Crippen molar-refractivity contribution in [1.82, 2.24) is 0 Å². The summed E-state index contributed by atoms with van der Waals surface area (Å²) in [4.78, 5) is 0. The Morgan fingerprint density at radius 2 is 1.76 bits per heavy atom. The van der Waals surface area contributed by atoms with E-state index in [1.54, 1.807) is 6.07 Å². The molecule has 0 saturated heterocycles. The number of hydrogen-bond acceptors (Lipinski definition) is 3. The first kappa shape index (κ1) is 10.2. The molecule has 0 aliphatic heterocycles. The number of aryl methyl sites for hydroxylation is 1. The molecule has 1 radical (unpaired) electrons. The van der Waals surface area contributed by atoms with Crippen LogP contribution in [-0.2, 0) is 0 Å².